The van der Waals surface area contributed by atoms with Crippen LogP contribution in [0.5, 0.6) is 0 Å². The second kappa shape index (κ2) is 7.51. The van der Waals surface area contributed by atoms with Crippen molar-refractivity contribution in [2.75, 3.05) is 18.0 Å². The van der Waals surface area contributed by atoms with Crippen LogP contribution in [0, 0.1) is 0 Å². The van der Waals surface area contributed by atoms with Gasteiger partial charge in [0.1, 0.15) is 11.2 Å². The van der Waals surface area contributed by atoms with Gasteiger partial charge in [-0.1, -0.05) is 27.7 Å². The SMILES string of the molecule is CC1(C)CCN2CCC(C)(C)c3c2c1cc1c(C(F)(F)F)c(C=C(C(=O)O)C(F)(F)F)c(=O)oc31. The molecule has 3 heterocycles. The number of carboxylic acid groups (broad SMARTS) is 1. The molecule has 0 spiro atoms. The zero-order chi connectivity index (χ0) is 26.3. The van der Waals surface area contributed by atoms with E-state index in [9.17, 15) is 35.9 Å². The Bertz CT molecular complexity index is 1330. The molecule has 1 aromatic carbocycles. The van der Waals surface area contributed by atoms with E-state index >= 15 is 0 Å². The first-order valence-electron chi connectivity index (χ1n) is 10.9. The normalized spacial score (nSPS) is 19.6. The van der Waals surface area contributed by atoms with Crippen LogP contribution in [0.4, 0.5) is 32.0 Å². The Hall–Kier alpha value is -2.98. The number of hydrogen-bond acceptors (Lipinski definition) is 4. The molecular weight excluding hydrogens is 480 g/mol. The molecule has 0 aliphatic carbocycles. The number of halogens is 6. The highest BCUT2D eigenvalue weighted by atomic mass is 19.4. The van der Waals surface area contributed by atoms with Crippen LogP contribution < -0.4 is 10.5 Å². The van der Waals surface area contributed by atoms with Gasteiger partial charge in [-0.3, -0.25) is 0 Å². The molecule has 0 amide bonds. The molecule has 2 aromatic rings. The molecule has 0 saturated heterocycles. The Labute approximate surface area is 196 Å². The van der Waals surface area contributed by atoms with E-state index in [0.29, 0.717) is 42.7 Å². The number of anilines is 1. The molecule has 11 heteroatoms. The highest BCUT2D eigenvalue weighted by Crippen LogP contribution is 2.53. The van der Waals surface area contributed by atoms with Gasteiger partial charge in [-0.2, -0.15) is 26.3 Å². The average molecular weight is 503 g/mol. The van der Waals surface area contributed by atoms with Crippen LogP contribution in [-0.2, 0) is 21.8 Å². The number of fused-ring (bicyclic) bond motifs is 2. The predicted molar refractivity (Wildman–Crippen MR) is 117 cm³/mol. The standard InChI is InChI=1S/C24H23F6NO4/c1-21(2)5-7-31-8-6-22(3,4)16-17(31)13(21)9-11-15(24(28,29)30)12(20(34)35-18(11)16)10-14(19(32)33)23(25,26)27/h9-10H,5-8H2,1-4H3,(H,32,33). The van der Waals surface area contributed by atoms with Crippen molar-refractivity contribution in [1.82, 2.24) is 0 Å². The van der Waals surface area contributed by atoms with Crippen LogP contribution >= 0.6 is 0 Å². The molecule has 1 aromatic heterocycles. The fourth-order valence-corrected chi connectivity index (χ4v) is 5.08. The topological polar surface area (TPSA) is 70.8 Å². The zero-order valence-corrected chi connectivity index (χ0v) is 19.4. The first kappa shape index (κ1) is 25.1. The number of hydrogen-bond donors (Lipinski definition) is 1. The Morgan fingerprint density at radius 3 is 2.14 bits per heavy atom. The van der Waals surface area contributed by atoms with E-state index in [1.54, 1.807) is 0 Å². The Kier molecular flexibility index (Phi) is 5.39. The van der Waals surface area contributed by atoms with Crippen LogP contribution in [0.3, 0.4) is 0 Å². The molecule has 0 fully saturated rings. The first-order valence-corrected chi connectivity index (χ1v) is 10.9. The van der Waals surface area contributed by atoms with Gasteiger partial charge in [-0.05, 0) is 41.4 Å². The number of benzene rings is 1. The summed E-state index contributed by atoms with van der Waals surface area (Å²) in [5.74, 6) is -2.51. The summed E-state index contributed by atoms with van der Waals surface area (Å²) in [6.07, 6.45) is -9.86. The van der Waals surface area contributed by atoms with Crippen LogP contribution in [0.25, 0.3) is 17.0 Å². The van der Waals surface area contributed by atoms with E-state index in [0.717, 1.165) is 0 Å². The monoisotopic (exact) mass is 503 g/mol. The van der Waals surface area contributed by atoms with E-state index in [1.165, 1.54) is 6.07 Å². The zero-order valence-electron chi connectivity index (χ0n) is 19.4. The molecular formula is C24H23F6NO4. The molecule has 5 nitrogen and oxygen atoms in total. The van der Waals surface area contributed by atoms with Gasteiger partial charge < -0.3 is 14.4 Å². The molecule has 2 aliphatic heterocycles. The summed E-state index contributed by atoms with van der Waals surface area (Å²) in [5.41, 5.74) is -7.06. The summed E-state index contributed by atoms with van der Waals surface area (Å²) >= 11 is 0. The van der Waals surface area contributed by atoms with Crippen molar-refractivity contribution in [2.24, 2.45) is 0 Å². The van der Waals surface area contributed by atoms with Crippen molar-refractivity contribution >= 4 is 28.7 Å². The average Bonchev–Trinajstić information content (AvgIpc) is 2.67. The van der Waals surface area contributed by atoms with Crippen molar-refractivity contribution in [2.45, 2.75) is 63.7 Å². The van der Waals surface area contributed by atoms with Crippen LogP contribution in [0.1, 0.15) is 62.8 Å². The molecule has 4 rings (SSSR count). The van der Waals surface area contributed by atoms with Crippen molar-refractivity contribution in [3.8, 4) is 0 Å². The van der Waals surface area contributed by atoms with E-state index in [-0.39, 0.29) is 11.7 Å². The van der Waals surface area contributed by atoms with Crippen LogP contribution in [-0.4, -0.2) is 30.3 Å². The largest absolute Gasteiger partial charge is 0.478 e. The molecule has 0 unspecified atom stereocenters. The third kappa shape index (κ3) is 3.98. The number of aliphatic carboxylic acids is 1. The molecule has 0 radical (unpaired) electrons. The minimum Gasteiger partial charge on any atom is -0.478 e. The number of carboxylic acids is 1. The highest BCUT2D eigenvalue weighted by molar-refractivity contribution is 5.97. The van der Waals surface area contributed by atoms with Crippen molar-refractivity contribution in [3.05, 3.63) is 44.3 Å². The quantitative estimate of drug-likeness (QED) is 0.309. The predicted octanol–water partition coefficient (Wildman–Crippen LogP) is 6.01. The summed E-state index contributed by atoms with van der Waals surface area (Å²) in [5, 5.41) is 8.41. The van der Waals surface area contributed by atoms with Gasteiger partial charge in [0, 0.05) is 29.7 Å². The van der Waals surface area contributed by atoms with Gasteiger partial charge in [0.15, 0.2) is 0 Å². The van der Waals surface area contributed by atoms with E-state index in [4.69, 9.17) is 9.52 Å². The second-order valence-electron chi connectivity index (χ2n) is 10.3. The summed E-state index contributed by atoms with van der Waals surface area (Å²) in [6, 6.07) is 1.23. The lowest BCUT2D eigenvalue weighted by molar-refractivity contribution is -0.144. The fourth-order valence-electron chi connectivity index (χ4n) is 5.08. The molecule has 0 saturated carbocycles. The summed E-state index contributed by atoms with van der Waals surface area (Å²) in [7, 11) is 0. The van der Waals surface area contributed by atoms with Crippen molar-refractivity contribution in [3.63, 3.8) is 0 Å². The fraction of sp³-hybridized carbons (Fsp3) is 0.500. The number of carbonyl (C=O) groups is 1. The minimum atomic E-state index is -5.50. The molecule has 1 N–H and O–H groups in total. The Balaban J connectivity index is 2.25. The highest BCUT2D eigenvalue weighted by Gasteiger charge is 2.46. The molecule has 190 valence electrons. The smallest absolute Gasteiger partial charge is 0.423 e. The minimum absolute atomic E-state index is 0.288. The van der Waals surface area contributed by atoms with Crippen LogP contribution in [0.15, 0.2) is 20.9 Å². The molecule has 2 aliphatic rings. The lowest BCUT2D eigenvalue weighted by Crippen LogP contribution is -2.45. The van der Waals surface area contributed by atoms with Gasteiger partial charge in [-0.25, -0.2) is 9.59 Å². The second-order valence-corrected chi connectivity index (χ2v) is 10.3. The van der Waals surface area contributed by atoms with Crippen molar-refractivity contribution in [1.29, 1.82) is 0 Å². The van der Waals surface area contributed by atoms with Gasteiger partial charge in [0.2, 0.25) is 0 Å². The van der Waals surface area contributed by atoms with E-state index in [2.05, 4.69) is 0 Å². The van der Waals surface area contributed by atoms with Crippen LogP contribution in [0.2, 0.25) is 0 Å². The van der Waals surface area contributed by atoms with Crippen molar-refractivity contribution < 1.29 is 40.7 Å². The van der Waals surface area contributed by atoms with E-state index in [1.807, 2.05) is 32.6 Å². The van der Waals surface area contributed by atoms with Gasteiger partial charge in [0.25, 0.3) is 0 Å². The summed E-state index contributed by atoms with van der Waals surface area (Å²) < 4.78 is 88.3. The van der Waals surface area contributed by atoms with Gasteiger partial charge in [0.05, 0.1) is 11.1 Å². The lowest BCUT2D eigenvalue weighted by Gasteiger charge is -2.48. The third-order valence-electron chi connectivity index (χ3n) is 7.05. The number of alkyl halides is 6. The molecule has 0 atom stereocenters. The Morgan fingerprint density at radius 2 is 1.63 bits per heavy atom. The maximum Gasteiger partial charge on any atom is 0.423 e. The molecule has 35 heavy (non-hydrogen) atoms. The lowest BCUT2D eigenvalue weighted by atomic mass is 9.69. The maximum atomic E-state index is 14.4. The van der Waals surface area contributed by atoms with Gasteiger partial charge >= 0.3 is 23.9 Å². The number of rotatable bonds is 2. The van der Waals surface area contributed by atoms with Gasteiger partial charge in [-0.15, -0.1) is 0 Å². The number of nitrogens with zero attached hydrogens (tertiary/aromatic N) is 1. The first-order chi connectivity index (χ1) is 15.9. The van der Waals surface area contributed by atoms with E-state index < -0.39 is 56.9 Å². The Morgan fingerprint density at radius 1 is 1.06 bits per heavy atom. The molecule has 0 bridgehead atoms. The summed E-state index contributed by atoms with van der Waals surface area (Å²) in [6.45, 7) is 8.67. The maximum absolute atomic E-state index is 14.4. The summed E-state index contributed by atoms with van der Waals surface area (Å²) in [4.78, 5) is 26.0. The third-order valence-corrected chi connectivity index (χ3v) is 7.05.